The van der Waals surface area contributed by atoms with Crippen molar-refractivity contribution in [1.29, 1.82) is 0 Å². The molecule has 1 aromatic carbocycles. The summed E-state index contributed by atoms with van der Waals surface area (Å²) in [7, 11) is 0. The molecule has 84 valence electrons. The Morgan fingerprint density at radius 2 is 2.19 bits per heavy atom. The third kappa shape index (κ3) is 2.46. The molecule has 0 amide bonds. The van der Waals surface area contributed by atoms with Gasteiger partial charge in [-0.25, -0.2) is 0 Å². The zero-order valence-corrected chi connectivity index (χ0v) is 9.87. The van der Waals surface area contributed by atoms with Crippen molar-refractivity contribution >= 4 is 11.6 Å². The highest BCUT2D eigenvalue weighted by molar-refractivity contribution is 6.30. The summed E-state index contributed by atoms with van der Waals surface area (Å²) in [6.07, 6.45) is 2.35. The molecular weight excluding hydrogens is 222 g/mol. The topological polar surface area (TPSA) is 39.2 Å². The molecule has 1 unspecified atom stereocenters. The van der Waals surface area contributed by atoms with Gasteiger partial charge < -0.3 is 10.2 Å². The van der Waals surface area contributed by atoms with Crippen molar-refractivity contribution < 1.29 is 4.42 Å². The molecule has 0 aliphatic rings. The molecule has 2 rings (SSSR count). The SMILES string of the molecule is Cc1ccc(Cl)cc1C(N)Cc1ccco1. The van der Waals surface area contributed by atoms with E-state index < -0.39 is 0 Å². The minimum absolute atomic E-state index is 0.0788. The van der Waals surface area contributed by atoms with Crippen LogP contribution in [0.5, 0.6) is 0 Å². The largest absolute Gasteiger partial charge is 0.469 e. The summed E-state index contributed by atoms with van der Waals surface area (Å²) >= 11 is 5.96. The smallest absolute Gasteiger partial charge is 0.105 e. The van der Waals surface area contributed by atoms with E-state index in [1.807, 2.05) is 37.3 Å². The van der Waals surface area contributed by atoms with Crippen LogP contribution in [0.1, 0.15) is 22.9 Å². The van der Waals surface area contributed by atoms with Gasteiger partial charge in [-0.1, -0.05) is 17.7 Å². The van der Waals surface area contributed by atoms with Crippen molar-refractivity contribution in [2.24, 2.45) is 5.73 Å². The molecule has 0 aliphatic carbocycles. The molecule has 2 nitrogen and oxygen atoms in total. The second-order valence-corrected chi connectivity index (χ2v) is 4.33. The fraction of sp³-hybridized carbons (Fsp3) is 0.231. The second kappa shape index (κ2) is 4.73. The molecule has 1 atom stereocenters. The van der Waals surface area contributed by atoms with Gasteiger partial charge in [0.2, 0.25) is 0 Å². The molecular formula is C13H14ClNO. The van der Waals surface area contributed by atoms with Crippen molar-refractivity contribution in [3.63, 3.8) is 0 Å². The Kier molecular flexibility index (Phi) is 3.32. The number of hydrogen-bond donors (Lipinski definition) is 1. The third-order valence-electron chi connectivity index (χ3n) is 2.64. The van der Waals surface area contributed by atoms with Crippen LogP contribution in [-0.2, 0) is 6.42 Å². The maximum absolute atomic E-state index is 6.14. The second-order valence-electron chi connectivity index (χ2n) is 3.89. The van der Waals surface area contributed by atoms with E-state index in [0.29, 0.717) is 6.42 Å². The van der Waals surface area contributed by atoms with E-state index in [2.05, 4.69) is 0 Å². The summed E-state index contributed by atoms with van der Waals surface area (Å²) in [6, 6.07) is 9.50. The predicted molar refractivity (Wildman–Crippen MR) is 65.5 cm³/mol. The van der Waals surface area contributed by atoms with Crippen LogP contribution in [0.15, 0.2) is 41.0 Å². The first kappa shape index (κ1) is 11.2. The molecule has 2 N–H and O–H groups in total. The van der Waals surface area contributed by atoms with Gasteiger partial charge in [0.1, 0.15) is 5.76 Å². The van der Waals surface area contributed by atoms with Crippen LogP contribution in [0.25, 0.3) is 0 Å². The van der Waals surface area contributed by atoms with Crippen LogP contribution in [0, 0.1) is 6.92 Å². The highest BCUT2D eigenvalue weighted by atomic mass is 35.5. The van der Waals surface area contributed by atoms with Gasteiger partial charge >= 0.3 is 0 Å². The summed E-state index contributed by atoms with van der Waals surface area (Å²) in [5.74, 6) is 0.895. The van der Waals surface area contributed by atoms with Gasteiger partial charge in [-0.15, -0.1) is 0 Å². The van der Waals surface area contributed by atoms with Crippen molar-refractivity contribution in [2.45, 2.75) is 19.4 Å². The highest BCUT2D eigenvalue weighted by Crippen LogP contribution is 2.23. The molecule has 0 bridgehead atoms. The molecule has 0 spiro atoms. The maximum atomic E-state index is 6.14. The van der Waals surface area contributed by atoms with Crippen LogP contribution in [-0.4, -0.2) is 0 Å². The Balaban J connectivity index is 2.20. The van der Waals surface area contributed by atoms with Crippen molar-refractivity contribution in [3.8, 4) is 0 Å². The number of benzene rings is 1. The van der Waals surface area contributed by atoms with E-state index in [4.69, 9.17) is 21.8 Å². The summed E-state index contributed by atoms with van der Waals surface area (Å²) < 4.78 is 5.28. The Bertz CT molecular complexity index is 465. The molecule has 1 heterocycles. The van der Waals surface area contributed by atoms with Crippen LogP contribution in [0.4, 0.5) is 0 Å². The Labute approximate surface area is 100 Å². The summed E-state index contributed by atoms with van der Waals surface area (Å²) in [5.41, 5.74) is 8.37. The van der Waals surface area contributed by atoms with E-state index in [1.54, 1.807) is 6.26 Å². The summed E-state index contributed by atoms with van der Waals surface area (Å²) in [6.45, 7) is 2.04. The first-order chi connectivity index (χ1) is 7.66. The maximum Gasteiger partial charge on any atom is 0.105 e. The van der Waals surface area contributed by atoms with E-state index in [9.17, 15) is 0 Å². The zero-order valence-electron chi connectivity index (χ0n) is 9.11. The van der Waals surface area contributed by atoms with Gasteiger partial charge in [-0.05, 0) is 42.3 Å². The van der Waals surface area contributed by atoms with Crippen LogP contribution < -0.4 is 5.73 Å². The van der Waals surface area contributed by atoms with Crippen molar-refractivity contribution in [1.82, 2.24) is 0 Å². The minimum Gasteiger partial charge on any atom is -0.469 e. The minimum atomic E-state index is -0.0788. The Hall–Kier alpha value is -1.25. The van der Waals surface area contributed by atoms with E-state index >= 15 is 0 Å². The normalized spacial score (nSPS) is 12.7. The number of furan rings is 1. The molecule has 0 saturated heterocycles. The first-order valence-corrected chi connectivity index (χ1v) is 5.58. The number of halogens is 1. The number of nitrogens with two attached hydrogens (primary N) is 1. The predicted octanol–water partition coefficient (Wildman–Crippen LogP) is 3.48. The highest BCUT2D eigenvalue weighted by Gasteiger charge is 2.11. The average Bonchev–Trinajstić information content (AvgIpc) is 2.74. The van der Waals surface area contributed by atoms with Gasteiger partial charge in [0, 0.05) is 17.5 Å². The van der Waals surface area contributed by atoms with Crippen LogP contribution >= 0.6 is 11.6 Å². The number of rotatable bonds is 3. The quantitative estimate of drug-likeness (QED) is 0.885. The summed E-state index contributed by atoms with van der Waals surface area (Å²) in [4.78, 5) is 0. The van der Waals surface area contributed by atoms with Crippen molar-refractivity contribution in [3.05, 3.63) is 58.5 Å². The lowest BCUT2D eigenvalue weighted by molar-refractivity contribution is 0.488. The van der Waals surface area contributed by atoms with Crippen LogP contribution in [0.3, 0.4) is 0 Å². The van der Waals surface area contributed by atoms with Gasteiger partial charge in [0.25, 0.3) is 0 Å². The number of aryl methyl sites for hydroxylation is 1. The lowest BCUT2D eigenvalue weighted by Gasteiger charge is -2.13. The fourth-order valence-corrected chi connectivity index (χ4v) is 1.95. The van der Waals surface area contributed by atoms with E-state index in [-0.39, 0.29) is 6.04 Å². The molecule has 0 radical (unpaired) electrons. The molecule has 0 fully saturated rings. The molecule has 3 heteroatoms. The van der Waals surface area contributed by atoms with Crippen LogP contribution in [0.2, 0.25) is 5.02 Å². The van der Waals surface area contributed by atoms with E-state index in [0.717, 1.165) is 21.9 Å². The molecule has 16 heavy (non-hydrogen) atoms. The first-order valence-electron chi connectivity index (χ1n) is 5.21. The average molecular weight is 236 g/mol. The lowest BCUT2D eigenvalue weighted by atomic mass is 9.99. The molecule has 2 aromatic rings. The van der Waals surface area contributed by atoms with Gasteiger partial charge in [-0.3, -0.25) is 0 Å². The van der Waals surface area contributed by atoms with Gasteiger partial charge in [0.05, 0.1) is 6.26 Å². The molecule has 1 aromatic heterocycles. The summed E-state index contributed by atoms with van der Waals surface area (Å²) in [5, 5.41) is 0.718. The zero-order chi connectivity index (χ0) is 11.5. The Morgan fingerprint density at radius 1 is 1.38 bits per heavy atom. The molecule has 0 aliphatic heterocycles. The van der Waals surface area contributed by atoms with Gasteiger partial charge in [0.15, 0.2) is 0 Å². The monoisotopic (exact) mass is 235 g/mol. The molecule has 0 saturated carbocycles. The third-order valence-corrected chi connectivity index (χ3v) is 2.88. The van der Waals surface area contributed by atoms with E-state index in [1.165, 1.54) is 0 Å². The number of hydrogen-bond acceptors (Lipinski definition) is 2. The Morgan fingerprint density at radius 3 is 2.88 bits per heavy atom. The van der Waals surface area contributed by atoms with Crippen molar-refractivity contribution in [2.75, 3.05) is 0 Å². The lowest BCUT2D eigenvalue weighted by Crippen LogP contribution is -2.14. The van der Waals surface area contributed by atoms with Gasteiger partial charge in [-0.2, -0.15) is 0 Å². The standard InChI is InChI=1S/C13H14ClNO/c1-9-4-5-10(14)7-12(9)13(15)8-11-3-2-6-16-11/h2-7,13H,8,15H2,1H3. The fourth-order valence-electron chi connectivity index (χ4n) is 1.77.